The van der Waals surface area contributed by atoms with Crippen molar-refractivity contribution < 1.29 is 23.5 Å². The second-order valence-corrected chi connectivity index (χ2v) is 5.96. The Hall–Kier alpha value is -3.09. The van der Waals surface area contributed by atoms with Gasteiger partial charge >= 0.3 is 6.09 Å². The Morgan fingerprint density at radius 3 is 2.77 bits per heavy atom. The highest BCUT2D eigenvalue weighted by Gasteiger charge is 2.35. The molecule has 0 saturated carbocycles. The predicted octanol–water partition coefficient (Wildman–Crippen LogP) is 2.69. The third-order valence-electron chi connectivity index (χ3n) is 4.17. The van der Waals surface area contributed by atoms with Crippen molar-refractivity contribution >= 4 is 12.0 Å². The molecule has 0 aromatic heterocycles. The molecule has 2 N–H and O–H groups in total. The van der Waals surface area contributed by atoms with Crippen molar-refractivity contribution in [2.75, 3.05) is 7.11 Å². The van der Waals surface area contributed by atoms with Crippen molar-refractivity contribution in [3.8, 4) is 5.75 Å². The van der Waals surface area contributed by atoms with E-state index in [0.29, 0.717) is 5.56 Å². The van der Waals surface area contributed by atoms with Crippen molar-refractivity contribution in [3.63, 3.8) is 0 Å². The van der Waals surface area contributed by atoms with Crippen LogP contribution in [0.4, 0.5) is 9.18 Å². The molecule has 1 heterocycles. The standard InChI is InChI=1S/C19H19FN2O4/c1-25-16-9-13(7-8-14(16)20)18-15(10-17(23)22-18)21-19(24)26-11-12-5-3-2-4-6-12/h2-9,15,18H,10-11H2,1H3,(H,21,24)(H,22,23)/t15-,18+/m0/s1. The maximum atomic E-state index is 13.6. The zero-order valence-electron chi connectivity index (χ0n) is 14.2. The van der Waals surface area contributed by atoms with Crippen LogP contribution in [-0.2, 0) is 16.1 Å². The first-order valence-corrected chi connectivity index (χ1v) is 8.17. The topological polar surface area (TPSA) is 76.7 Å². The minimum atomic E-state index is -0.616. The van der Waals surface area contributed by atoms with E-state index >= 15 is 0 Å². The lowest BCUT2D eigenvalue weighted by molar-refractivity contribution is -0.119. The Labute approximate surface area is 150 Å². The van der Waals surface area contributed by atoms with Gasteiger partial charge in [-0.05, 0) is 23.3 Å². The van der Waals surface area contributed by atoms with E-state index in [0.717, 1.165) is 5.56 Å². The quantitative estimate of drug-likeness (QED) is 0.862. The first-order valence-electron chi connectivity index (χ1n) is 8.17. The van der Waals surface area contributed by atoms with Crippen molar-refractivity contribution in [1.82, 2.24) is 10.6 Å². The van der Waals surface area contributed by atoms with Gasteiger partial charge in [-0.2, -0.15) is 0 Å². The molecule has 136 valence electrons. The van der Waals surface area contributed by atoms with Crippen molar-refractivity contribution in [2.24, 2.45) is 0 Å². The first-order chi connectivity index (χ1) is 12.6. The number of benzene rings is 2. The number of alkyl carbamates (subject to hydrolysis) is 1. The SMILES string of the molecule is COc1cc([C@H]2NC(=O)C[C@@H]2NC(=O)OCc2ccccc2)ccc1F. The maximum absolute atomic E-state index is 13.6. The molecule has 6 nitrogen and oxygen atoms in total. The molecule has 2 aromatic carbocycles. The molecule has 0 spiro atoms. The Morgan fingerprint density at radius 1 is 1.27 bits per heavy atom. The molecular weight excluding hydrogens is 339 g/mol. The van der Waals surface area contributed by atoms with Gasteiger partial charge < -0.3 is 20.1 Å². The molecule has 0 aliphatic carbocycles. The molecule has 2 aromatic rings. The van der Waals surface area contributed by atoms with Gasteiger partial charge in [-0.15, -0.1) is 0 Å². The molecule has 0 bridgehead atoms. The summed E-state index contributed by atoms with van der Waals surface area (Å²) < 4.78 is 23.8. The minimum absolute atomic E-state index is 0.0778. The minimum Gasteiger partial charge on any atom is -0.494 e. The average molecular weight is 358 g/mol. The van der Waals surface area contributed by atoms with Crippen molar-refractivity contribution in [1.29, 1.82) is 0 Å². The highest BCUT2D eigenvalue weighted by Crippen LogP contribution is 2.28. The fourth-order valence-corrected chi connectivity index (χ4v) is 2.89. The molecule has 26 heavy (non-hydrogen) atoms. The van der Waals surface area contributed by atoms with E-state index < -0.39 is 24.0 Å². The summed E-state index contributed by atoms with van der Waals surface area (Å²) in [5.74, 6) is -0.618. The van der Waals surface area contributed by atoms with E-state index in [-0.39, 0.29) is 24.7 Å². The van der Waals surface area contributed by atoms with E-state index in [1.165, 1.54) is 19.2 Å². The van der Waals surface area contributed by atoms with Gasteiger partial charge in [-0.25, -0.2) is 9.18 Å². The molecule has 7 heteroatoms. The van der Waals surface area contributed by atoms with E-state index in [2.05, 4.69) is 10.6 Å². The lowest BCUT2D eigenvalue weighted by Crippen LogP contribution is -2.38. The number of hydrogen-bond donors (Lipinski definition) is 2. The van der Waals surface area contributed by atoms with Gasteiger partial charge in [-0.1, -0.05) is 36.4 Å². The van der Waals surface area contributed by atoms with Gasteiger partial charge in [0.05, 0.1) is 19.2 Å². The number of amides is 2. The van der Waals surface area contributed by atoms with E-state index in [4.69, 9.17) is 9.47 Å². The molecule has 1 saturated heterocycles. The van der Waals surface area contributed by atoms with Gasteiger partial charge in [0, 0.05) is 6.42 Å². The number of carbonyl (C=O) groups is 2. The summed E-state index contributed by atoms with van der Waals surface area (Å²) in [4.78, 5) is 23.9. The van der Waals surface area contributed by atoms with E-state index in [1.54, 1.807) is 6.07 Å². The lowest BCUT2D eigenvalue weighted by atomic mass is 10.0. The zero-order chi connectivity index (χ0) is 18.5. The number of rotatable bonds is 5. The summed E-state index contributed by atoms with van der Waals surface area (Å²) in [6.07, 6.45) is -0.500. The smallest absolute Gasteiger partial charge is 0.407 e. The fourth-order valence-electron chi connectivity index (χ4n) is 2.89. The number of hydrogen-bond acceptors (Lipinski definition) is 4. The highest BCUT2D eigenvalue weighted by atomic mass is 19.1. The summed E-state index contributed by atoms with van der Waals surface area (Å²) in [7, 11) is 1.37. The zero-order valence-corrected chi connectivity index (χ0v) is 14.2. The Balaban J connectivity index is 1.66. The Kier molecular flexibility index (Phi) is 5.36. The van der Waals surface area contributed by atoms with Crippen LogP contribution >= 0.6 is 0 Å². The van der Waals surface area contributed by atoms with Crippen LogP contribution in [0.3, 0.4) is 0 Å². The summed E-state index contributed by atoms with van der Waals surface area (Å²) in [5.41, 5.74) is 1.51. The Bertz CT molecular complexity index is 797. The van der Waals surface area contributed by atoms with Crippen LogP contribution in [0.2, 0.25) is 0 Å². The van der Waals surface area contributed by atoms with Crippen LogP contribution < -0.4 is 15.4 Å². The first kappa shape index (κ1) is 17.7. The Morgan fingerprint density at radius 2 is 2.04 bits per heavy atom. The van der Waals surface area contributed by atoms with Gasteiger partial charge in [-0.3, -0.25) is 4.79 Å². The number of halogens is 1. The van der Waals surface area contributed by atoms with E-state index in [9.17, 15) is 14.0 Å². The van der Waals surface area contributed by atoms with Crippen LogP contribution in [0.15, 0.2) is 48.5 Å². The van der Waals surface area contributed by atoms with Crippen LogP contribution in [0.1, 0.15) is 23.6 Å². The fraction of sp³-hybridized carbons (Fsp3) is 0.263. The van der Waals surface area contributed by atoms with Gasteiger partial charge in [0.2, 0.25) is 5.91 Å². The number of methoxy groups -OCH3 is 1. The van der Waals surface area contributed by atoms with Crippen LogP contribution in [0.5, 0.6) is 5.75 Å². The summed E-state index contributed by atoms with van der Waals surface area (Å²) >= 11 is 0. The van der Waals surface area contributed by atoms with E-state index in [1.807, 2.05) is 30.3 Å². The highest BCUT2D eigenvalue weighted by molar-refractivity contribution is 5.81. The third-order valence-corrected chi connectivity index (χ3v) is 4.17. The monoisotopic (exact) mass is 358 g/mol. The number of ether oxygens (including phenoxy) is 2. The lowest BCUT2D eigenvalue weighted by Gasteiger charge is -2.21. The molecule has 0 unspecified atom stereocenters. The number of nitrogens with one attached hydrogen (secondary N) is 2. The molecule has 1 aliphatic heterocycles. The largest absolute Gasteiger partial charge is 0.494 e. The van der Waals surface area contributed by atoms with Gasteiger partial charge in [0.15, 0.2) is 11.6 Å². The van der Waals surface area contributed by atoms with Crippen molar-refractivity contribution in [3.05, 3.63) is 65.5 Å². The third kappa shape index (κ3) is 4.11. The molecule has 3 rings (SSSR count). The van der Waals surface area contributed by atoms with Gasteiger partial charge in [0.25, 0.3) is 0 Å². The number of carbonyl (C=O) groups excluding carboxylic acids is 2. The van der Waals surface area contributed by atoms with Crippen molar-refractivity contribution in [2.45, 2.75) is 25.1 Å². The van der Waals surface area contributed by atoms with Gasteiger partial charge in [0.1, 0.15) is 6.61 Å². The maximum Gasteiger partial charge on any atom is 0.407 e. The summed E-state index contributed by atoms with van der Waals surface area (Å²) in [6.45, 7) is 0.135. The normalized spacial score (nSPS) is 18.9. The second-order valence-electron chi connectivity index (χ2n) is 5.96. The van der Waals surface area contributed by atoms with Crippen LogP contribution in [0.25, 0.3) is 0 Å². The summed E-state index contributed by atoms with van der Waals surface area (Å²) in [6, 6.07) is 12.6. The average Bonchev–Trinajstić information content (AvgIpc) is 3.01. The molecule has 2 atom stereocenters. The molecule has 1 fully saturated rings. The second kappa shape index (κ2) is 7.86. The predicted molar refractivity (Wildman–Crippen MR) is 92.0 cm³/mol. The van der Waals surface area contributed by atoms with Crippen LogP contribution in [0, 0.1) is 5.82 Å². The molecular formula is C19H19FN2O4. The molecule has 1 aliphatic rings. The molecule has 2 amide bonds. The molecule has 0 radical (unpaired) electrons. The van der Waals surface area contributed by atoms with Crippen LogP contribution in [-0.4, -0.2) is 25.2 Å². The summed E-state index contributed by atoms with van der Waals surface area (Å²) in [5, 5.41) is 5.48.